The first kappa shape index (κ1) is 12.4. The van der Waals surface area contributed by atoms with E-state index in [4.69, 9.17) is 14.7 Å². The van der Waals surface area contributed by atoms with E-state index in [2.05, 4.69) is 5.16 Å². The van der Waals surface area contributed by atoms with Crippen LogP contribution in [0.2, 0.25) is 0 Å². The van der Waals surface area contributed by atoms with Gasteiger partial charge in [-0.25, -0.2) is 8.78 Å². The molecule has 0 spiro atoms. The van der Waals surface area contributed by atoms with Crippen molar-refractivity contribution >= 4 is 5.82 Å². The minimum Gasteiger partial charge on any atom is -0.469 e. The molecule has 4 nitrogen and oxygen atoms in total. The number of rotatable bonds is 2. The Kier molecular flexibility index (Phi) is 2.78. The molecule has 0 saturated carbocycles. The molecule has 3 aromatic rings. The summed E-state index contributed by atoms with van der Waals surface area (Å²) in [5.74, 6) is -0.486. The van der Waals surface area contributed by atoms with Gasteiger partial charge in [-0.2, -0.15) is 0 Å². The molecule has 0 amide bonds. The molecule has 0 aliphatic heterocycles. The maximum atomic E-state index is 13.9. The zero-order valence-corrected chi connectivity index (χ0v) is 10.5. The molecule has 0 fully saturated rings. The number of nitrogens with zero attached hydrogens (tertiary/aromatic N) is 1. The Labute approximate surface area is 112 Å². The molecular weight excluding hydrogens is 266 g/mol. The molecule has 0 atom stereocenters. The van der Waals surface area contributed by atoms with Crippen LogP contribution in [-0.2, 0) is 0 Å². The van der Waals surface area contributed by atoms with E-state index in [-0.39, 0.29) is 16.9 Å². The Morgan fingerprint density at radius 3 is 2.60 bits per heavy atom. The lowest BCUT2D eigenvalue weighted by molar-refractivity contribution is 0.434. The highest BCUT2D eigenvalue weighted by molar-refractivity contribution is 5.87. The van der Waals surface area contributed by atoms with Crippen LogP contribution in [-0.4, -0.2) is 5.16 Å². The normalized spacial score (nSPS) is 10.9. The average Bonchev–Trinajstić information content (AvgIpc) is 2.96. The lowest BCUT2D eigenvalue weighted by Gasteiger charge is -2.03. The zero-order chi connectivity index (χ0) is 14.3. The highest BCUT2D eigenvalue weighted by Crippen LogP contribution is 2.39. The van der Waals surface area contributed by atoms with Crippen LogP contribution in [0.5, 0.6) is 0 Å². The molecule has 0 unspecified atom stereocenters. The van der Waals surface area contributed by atoms with Crippen molar-refractivity contribution in [2.24, 2.45) is 0 Å². The molecule has 102 valence electrons. The Bertz CT molecular complexity index is 777. The largest absolute Gasteiger partial charge is 0.469 e. The summed E-state index contributed by atoms with van der Waals surface area (Å²) in [6.45, 7) is 1.73. The number of anilines is 1. The predicted molar refractivity (Wildman–Crippen MR) is 68.7 cm³/mol. The summed E-state index contributed by atoms with van der Waals surface area (Å²) in [6, 6.07) is 4.90. The van der Waals surface area contributed by atoms with Gasteiger partial charge in [0.15, 0.2) is 11.6 Å². The topological polar surface area (TPSA) is 65.2 Å². The van der Waals surface area contributed by atoms with Crippen molar-refractivity contribution in [2.75, 3.05) is 5.73 Å². The fourth-order valence-corrected chi connectivity index (χ4v) is 2.06. The molecule has 0 aliphatic rings. The summed E-state index contributed by atoms with van der Waals surface area (Å²) >= 11 is 0. The standard InChI is InChI=1S/C14H10F2N2O2/c1-7-9(4-5-19-7)13-12(14(17)18-20-13)10-3-2-8(15)6-11(10)16/h2-6H,1H3,(H2,17,18). The molecule has 6 heteroatoms. The van der Waals surface area contributed by atoms with Crippen molar-refractivity contribution < 1.29 is 17.7 Å². The third-order valence-corrected chi connectivity index (χ3v) is 3.02. The van der Waals surface area contributed by atoms with E-state index in [9.17, 15) is 8.78 Å². The molecule has 0 saturated heterocycles. The zero-order valence-electron chi connectivity index (χ0n) is 10.5. The van der Waals surface area contributed by atoms with E-state index >= 15 is 0 Å². The van der Waals surface area contributed by atoms with Gasteiger partial charge in [0.25, 0.3) is 0 Å². The second-order valence-electron chi connectivity index (χ2n) is 4.29. The molecule has 2 aromatic heterocycles. The monoisotopic (exact) mass is 276 g/mol. The minimum atomic E-state index is -0.734. The molecule has 0 aliphatic carbocycles. The van der Waals surface area contributed by atoms with Crippen LogP contribution in [0.25, 0.3) is 22.5 Å². The van der Waals surface area contributed by atoms with Crippen molar-refractivity contribution in [3.05, 3.63) is 47.9 Å². The Hall–Kier alpha value is -2.63. The van der Waals surface area contributed by atoms with E-state index in [1.807, 2.05) is 0 Å². The summed E-state index contributed by atoms with van der Waals surface area (Å²) in [7, 11) is 0. The molecule has 0 bridgehead atoms. The second-order valence-corrected chi connectivity index (χ2v) is 4.29. The van der Waals surface area contributed by atoms with E-state index in [0.717, 1.165) is 12.1 Å². The Morgan fingerprint density at radius 2 is 1.95 bits per heavy atom. The number of aromatic nitrogens is 1. The highest BCUT2D eigenvalue weighted by Gasteiger charge is 2.22. The first-order valence-electron chi connectivity index (χ1n) is 5.83. The lowest BCUT2D eigenvalue weighted by Crippen LogP contribution is -1.92. The second kappa shape index (κ2) is 4.48. The van der Waals surface area contributed by atoms with Crippen LogP contribution in [0.3, 0.4) is 0 Å². The van der Waals surface area contributed by atoms with Crippen LogP contribution in [0.4, 0.5) is 14.6 Å². The van der Waals surface area contributed by atoms with Gasteiger partial charge in [0.2, 0.25) is 0 Å². The first-order valence-corrected chi connectivity index (χ1v) is 5.83. The molecule has 3 rings (SSSR count). The van der Waals surface area contributed by atoms with Gasteiger partial charge >= 0.3 is 0 Å². The average molecular weight is 276 g/mol. The van der Waals surface area contributed by atoms with Crippen LogP contribution < -0.4 is 5.73 Å². The minimum absolute atomic E-state index is 0.0334. The molecule has 2 N–H and O–H groups in total. The SMILES string of the molecule is Cc1occc1-c1onc(N)c1-c1ccc(F)cc1F. The van der Waals surface area contributed by atoms with Crippen molar-refractivity contribution in [2.45, 2.75) is 6.92 Å². The van der Waals surface area contributed by atoms with Crippen molar-refractivity contribution in [3.8, 4) is 22.5 Å². The van der Waals surface area contributed by atoms with Crippen LogP contribution >= 0.6 is 0 Å². The van der Waals surface area contributed by atoms with Gasteiger partial charge in [0.05, 0.1) is 17.4 Å². The fourth-order valence-electron chi connectivity index (χ4n) is 2.06. The van der Waals surface area contributed by atoms with E-state index in [0.29, 0.717) is 17.1 Å². The van der Waals surface area contributed by atoms with E-state index in [1.54, 1.807) is 13.0 Å². The molecular formula is C14H10F2N2O2. The number of nitrogen functional groups attached to an aromatic ring is 1. The summed E-state index contributed by atoms with van der Waals surface area (Å²) in [4.78, 5) is 0. The summed E-state index contributed by atoms with van der Waals surface area (Å²) in [5, 5.41) is 3.65. The van der Waals surface area contributed by atoms with Crippen LogP contribution in [0.1, 0.15) is 5.76 Å². The number of aryl methyl sites for hydroxylation is 1. The third-order valence-electron chi connectivity index (χ3n) is 3.02. The summed E-state index contributed by atoms with van der Waals surface area (Å²) < 4.78 is 37.3. The Morgan fingerprint density at radius 1 is 1.15 bits per heavy atom. The van der Waals surface area contributed by atoms with Gasteiger partial charge in [0.1, 0.15) is 17.4 Å². The number of nitrogens with two attached hydrogens (primary N) is 1. The lowest BCUT2D eigenvalue weighted by atomic mass is 10.0. The van der Waals surface area contributed by atoms with Gasteiger partial charge < -0.3 is 14.7 Å². The fraction of sp³-hybridized carbons (Fsp3) is 0.0714. The number of furan rings is 1. The van der Waals surface area contributed by atoms with Crippen molar-refractivity contribution in [1.82, 2.24) is 5.16 Å². The van der Waals surface area contributed by atoms with Crippen molar-refractivity contribution in [3.63, 3.8) is 0 Å². The van der Waals surface area contributed by atoms with Gasteiger partial charge in [-0.3, -0.25) is 0 Å². The number of benzene rings is 1. The Balaban J connectivity index is 2.24. The van der Waals surface area contributed by atoms with Gasteiger partial charge in [-0.05, 0) is 25.1 Å². The van der Waals surface area contributed by atoms with Gasteiger partial charge in [-0.15, -0.1) is 0 Å². The maximum absolute atomic E-state index is 13.9. The van der Waals surface area contributed by atoms with Gasteiger partial charge in [0, 0.05) is 11.6 Å². The smallest absolute Gasteiger partial charge is 0.180 e. The molecule has 1 aromatic carbocycles. The molecule has 0 radical (unpaired) electrons. The van der Waals surface area contributed by atoms with E-state index < -0.39 is 11.6 Å². The van der Waals surface area contributed by atoms with Crippen molar-refractivity contribution in [1.29, 1.82) is 0 Å². The highest BCUT2D eigenvalue weighted by atomic mass is 19.1. The number of halogens is 2. The van der Waals surface area contributed by atoms with Crippen LogP contribution in [0.15, 0.2) is 39.5 Å². The number of hydrogen-bond acceptors (Lipinski definition) is 4. The maximum Gasteiger partial charge on any atom is 0.180 e. The first-order chi connectivity index (χ1) is 9.58. The predicted octanol–water partition coefficient (Wildman–Crippen LogP) is 3.77. The van der Waals surface area contributed by atoms with E-state index in [1.165, 1.54) is 12.3 Å². The summed E-state index contributed by atoms with van der Waals surface area (Å²) in [5.41, 5.74) is 6.77. The third kappa shape index (κ3) is 1.85. The summed E-state index contributed by atoms with van der Waals surface area (Å²) in [6.07, 6.45) is 1.48. The number of hydrogen-bond donors (Lipinski definition) is 1. The van der Waals surface area contributed by atoms with Gasteiger partial charge in [-0.1, -0.05) is 5.16 Å². The quantitative estimate of drug-likeness (QED) is 0.773. The molecule has 20 heavy (non-hydrogen) atoms. The molecule has 2 heterocycles. The van der Waals surface area contributed by atoms with Crippen LogP contribution in [0, 0.1) is 18.6 Å².